The van der Waals surface area contributed by atoms with Crippen molar-refractivity contribution in [1.82, 2.24) is 25.4 Å². The Morgan fingerprint density at radius 1 is 1.32 bits per heavy atom. The van der Waals surface area contributed by atoms with Crippen molar-refractivity contribution in [1.29, 1.82) is 0 Å². The van der Waals surface area contributed by atoms with Crippen molar-refractivity contribution in [3.8, 4) is 5.69 Å². The van der Waals surface area contributed by atoms with Gasteiger partial charge in [0.15, 0.2) is 11.8 Å². The molecule has 1 aromatic carbocycles. The van der Waals surface area contributed by atoms with Crippen LogP contribution in [0.15, 0.2) is 41.7 Å². The Labute approximate surface area is 183 Å². The Kier molecular flexibility index (Phi) is 10.2. The van der Waals surface area contributed by atoms with Crippen LogP contribution in [0.3, 0.4) is 0 Å². The van der Waals surface area contributed by atoms with Crippen LogP contribution in [-0.4, -0.2) is 60.2 Å². The highest BCUT2D eigenvalue weighted by atomic mass is 127. The van der Waals surface area contributed by atoms with Gasteiger partial charge in [0.25, 0.3) is 0 Å². The molecule has 0 aliphatic carbocycles. The number of benzene rings is 1. The van der Waals surface area contributed by atoms with Crippen LogP contribution in [0, 0.1) is 0 Å². The summed E-state index contributed by atoms with van der Waals surface area (Å²) in [7, 11) is 1.76. The summed E-state index contributed by atoms with van der Waals surface area (Å²) in [5.41, 5.74) is 1.03. The summed E-state index contributed by atoms with van der Waals surface area (Å²) in [5, 5.41) is 14.8. The van der Waals surface area contributed by atoms with Crippen LogP contribution >= 0.6 is 24.0 Å². The molecule has 1 fully saturated rings. The molecule has 1 saturated heterocycles. The molecule has 0 amide bonds. The SMILES string of the molecule is CN=C(NCCCOCC1CCCO1)NCc1nncn1-c1ccccc1.I. The molecule has 1 atom stereocenters. The van der Waals surface area contributed by atoms with Crippen molar-refractivity contribution >= 4 is 29.9 Å². The van der Waals surface area contributed by atoms with Crippen LogP contribution in [0.5, 0.6) is 0 Å². The van der Waals surface area contributed by atoms with Gasteiger partial charge < -0.3 is 20.1 Å². The lowest BCUT2D eigenvalue weighted by Gasteiger charge is -2.13. The lowest BCUT2D eigenvalue weighted by atomic mass is 10.2. The average molecular weight is 500 g/mol. The summed E-state index contributed by atoms with van der Waals surface area (Å²) in [4.78, 5) is 4.25. The molecule has 154 valence electrons. The molecule has 1 aliphatic heterocycles. The molecular formula is C19H29IN6O2. The van der Waals surface area contributed by atoms with Gasteiger partial charge in [-0.1, -0.05) is 18.2 Å². The van der Waals surface area contributed by atoms with Crippen LogP contribution in [-0.2, 0) is 16.0 Å². The number of hydrogen-bond donors (Lipinski definition) is 2. The van der Waals surface area contributed by atoms with Crippen molar-refractivity contribution in [2.24, 2.45) is 4.99 Å². The summed E-state index contributed by atoms with van der Waals surface area (Å²) < 4.78 is 13.2. The monoisotopic (exact) mass is 500 g/mol. The Balaban J connectivity index is 0.00000280. The highest BCUT2D eigenvalue weighted by molar-refractivity contribution is 14.0. The summed E-state index contributed by atoms with van der Waals surface area (Å²) >= 11 is 0. The van der Waals surface area contributed by atoms with Crippen LogP contribution in [0.4, 0.5) is 0 Å². The van der Waals surface area contributed by atoms with Crippen LogP contribution in [0.25, 0.3) is 5.69 Å². The Morgan fingerprint density at radius 2 is 2.18 bits per heavy atom. The van der Waals surface area contributed by atoms with Crippen molar-refractivity contribution in [2.75, 3.05) is 33.4 Å². The number of aromatic nitrogens is 3. The number of para-hydroxylation sites is 1. The van der Waals surface area contributed by atoms with E-state index in [1.54, 1.807) is 13.4 Å². The van der Waals surface area contributed by atoms with Crippen molar-refractivity contribution < 1.29 is 9.47 Å². The Morgan fingerprint density at radius 3 is 2.93 bits per heavy atom. The first-order valence-corrected chi connectivity index (χ1v) is 9.45. The molecule has 8 nitrogen and oxygen atoms in total. The summed E-state index contributed by atoms with van der Waals surface area (Å²) in [6.07, 6.45) is 5.17. The van der Waals surface area contributed by atoms with Crippen molar-refractivity contribution in [2.45, 2.75) is 31.9 Å². The molecule has 3 rings (SSSR count). The maximum Gasteiger partial charge on any atom is 0.191 e. The zero-order chi connectivity index (χ0) is 18.7. The molecule has 0 radical (unpaired) electrons. The topological polar surface area (TPSA) is 85.6 Å². The second-order valence-corrected chi connectivity index (χ2v) is 6.37. The molecular weight excluding hydrogens is 471 g/mol. The van der Waals surface area contributed by atoms with E-state index in [9.17, 15) is 0 Å². The quantitative estimate of drug-likeness (QED) is 0.238. The standard InChI is InChI=1S/C19H28N6O2.HI/c1-20-19(21-10-6-11-26-14-17-9-5-12-27-17)22-13-18-24-23-15-25(18)16-7-3-2-4-8-16;/h2-4,7-8,15,17H,5-6,9-14H2,1H3,(H2,20,21,22);1H. The van der Waals surface area contributed by atoms with E-state index < -0.39 is 0 Å². The van der Waals surface area contributed by atoms with E-state index in [-0.39, 0.29) is 30.1 Å². The lowest BCUT2D eigenvalue weighted by Crippen LogP contribution is -2.38. The lowest BCUT2D eigenvalue weighted by molar-refractivity contribution is 0.0168. The van der Waals surface area contributed by atoms with Gasteiger partial charge >= 0.3 is 0 Å². The maximum atomic E-state index is 5.67. The fraction of sp³-hybridized carbons (Fsp3) is 0.526. The van der Waals surface area contributed by atoms with Gasteiger partial charge in [-0.2, -0.15) is 0 Å². The predicted octanol–water partition coefficient (Wildman–Crippen LogP) is 2.14. The second-order valence-electron chi connectivity index (χ2n) is 6.37. The molecule has 28 heavy (non-hydrogen) atoms. The highest BCUT2D eigenvalue weighted by Crippen LogP contribution is 2.12. The van der Waals surface area contributed by atoms with E-state index in [1.165, 1.54) is 0 Å². The fourth-order valence-corrected chi connectivity index (χ4v) is 2.94. The number of aliphatic imine (C=N–C) groups is 1. The normalized spacial score (nSPS) is 16.6. The molecule has 0 spiro atoms. The first-order valence-electron chi connectivity index (χ1n) is 9.45. The number of halogens is 1. The zero-order valence-corrected chi connectivity index (χ0v) is 18.5. The van der Waals surface area contributed by atoms with E-state index in [0.717, 1.165) is 49.9 Å². The van der Waals surface area contributed by atoms with E-state index >= 15 is 0 Å². The Bertz CT molecular complexity index is 703. The average Bonchev–Trinajstić information content (AvgIpc) is 3.39. The smallest absolute Gasteiger partial charge is 0.191 e. The second kappa shape index (κ2) is 12.7. The minimum Gasteiger partial charge on any atom is -0.379 e. The summed E-state index contributed by atoms with van der Waals surface area (Å²) in [6, 6.07) is 10.0. The van der Waals surface area contributed by atoms with E-state index in [1.807, 2.05) is 34.9 Å². The van der Waals surface area contributed by atoms with Gasteiger partial charge in [-0.15, -0.1) is 34.2 Å². The van der Waals surface area contributed by atoms with Crippen molar-refractivity contribution in [3.63, 3.8) is 0 Å². The number of rotatable bonds is 9. The highest BCUT2D eigenvalue weighted by Gasteiger charge is 2.14. The van der Waals surface area contributed by atoms with Gasteiger partial charge in [0.05, 0.1) is 19.3 Å². The number of hydrogen-bond acceptors (Lipinski definition) is 5. The van der Waals surface area contributed by atoms with Crippen LogP contribution < -0.4 is 10.6 Å². The number of nitrogens with zero attached hydrogens (tertiary/aromatic N) is 4. The molecule has 1 aliphatic rings. The summed E-state index contributed by atoms with van der Waals surface area (Å²) in [5.74, 6) is 1.56. The van der Waals surface area contributed by atoms with Gasteiger partial charge in [-0.25, -0.2) is 0 Å². The Hall–Kier alpha value is -1.72. The van der Waals surface area contributed by atoms with Gasteiger partial charge in [-0.05, 0) is 31.4 Å². The minimum atomic E-state index is 0. The third-order valence-electron chi connectivity index (χ3n) is 4.38. The molecule has 9 heteroatoms. The third-order valence-corrected chi connectivity index (χ3v) is 4.38. The molecule has 2 aromatic rings. The first-order chi connectivity index (χ1) is 13.4. The minimum absolute atomic E-state index is 0. The largest absolute Gasteiger partial charge is 0.379 e. The molecule has 1 unspecified atom stereocenters. The first kappa shape index (κ1) is 22.6. The molecule has 0 saturated carbocycles. The summed E-state index contributed by atoms with van der Waals surface area (Å²) in [6.45, 7) is 3.60. The van der Waals surface area contributed by atoms with E-state index in [4.69, 9.17) is 9.47 Å². The number of guanidine groups is 1. The number of nitrogens with one attached hydrogen (secondary N) is 2. The third kappa shape index (κ3) is 7.02. The van der Waals surface area contributed by atoms with Gasteiger partial charge in [0, 0.05) is 32.5 Å². The fourth-order valence-electron chi connectivity index (χ4n) is 2.94. The van der Waals surface area contributed by atoms with Crippen LogP contribution in [0.1, 0.15) is 25.1 Å². The molecule has 2 heterocycles. The molecule has 1 aromatic heterocycles. The molecule has 0 bridgehead atoms. The van der Waals surface area contributed by atoms with Gasteiger partial charge in [0.2, 0.25) is 0 Å². The van der Waals surface area contributed by atoms with Gasteiger partial charge in [0.1, 0.15) is 6.33 Å². The van der Waals surface area contributed by atoms with Gasteiger partial charge in [-0.3, -0.25) is 9.56 Å². The van der Waals surface area contributed by atoms with E-state index in [2.05, 4.69) is 25.8 Å². The van der Waals surface area contributed by atoms with Crippen LogP contribution in [0.2, 0.25) is 0 Å². The zero-order valence-electron chi connectivity index (χ0n) is 16.2. The number of ether oxygens (including phenoxy) is 2. The van der Waals surface area contributed by atoms with E-state index in [0.29, 0.717) is 19.8 Å². The van der Waals surface area contributed by atoms with Crippen molar-refractivity contribution in [3.05, 3.63) is 42.5 Å². The maximum absolute atomic E-state index is 5.67. The predicted molar refractivity (Wildman–Crippen MR) is 119 cm³/mol. The molecule has 2 N–H and O–H groups in total.